The van der Waals surface area contributed by atoms with E-state index < -0.39 is 8.07 Å². The van der Waals surface area contributed by atoms with Gasteiger partial charge in [-0.3, -0.25) is 0 Å². The second kappa shape index (κ2) is 10.3. The Morgan fingerprint density at radius 1 is 0.920 bits per heavy atom. The van der Waals surface area contributed by atoms with E-state index in [1.54, 1.807) is 4.53 Å². The highest BCUT2D eigenvalue weighted by atomic mass is 32.2. The number of unbranched alkanes of at least 4 members (excludes halogenated alkanes) is 1. The standard InChI is InChI=1S/C22H30S2Si/c1-5-6-13-21(23-19-14-9-7-10-15-19)18-22(25(2,3)4)24-20-16-11-8-12-17-20/h7-12,14-18,21H,5-6,13H2,1-4H3/b22-18+. The molecule has 0 heterocycles. The van der Waals surface area contributed by atoms with Gasteiger partial charge in [-0.2, -0.15) is 0 Å². The molecule has 2 aromatic carbocycles. The third-order valence-electron chi connectivity index (χ3n) is 3.92. The minimum atomic E-state index is -1.38. The summed E-state index contributed by atoms with van der Waals surface area (Å²) in [6.07, 6.45) is 6.38. The Bertz CT molecular complexity index is 645. The molecule has 2 rings (SSSR count). The van der Waals surface area contributed by atoms with Gasteiger partial charge in [0.05, 0.1) is 8.07 Å². The van der Waals surface area contributed by atoms with E-state index in [4.69, 9.17) is 0 Å². The van der Waals surface area contributed by atoms with Crippen LogP contribution in [0.3, 0.4) is 0 Å². The Balaban J connectivity index is 2.23. The minimum Gasteiger partial charge on any atom is -0.119 e. The number of rotatable bonds is 9. The van der Waals surface area contributed by atoms with E-state index in [1.165, 1.54) is 29.1 Å². The van der Waals surface area contributed by atoms with E-state index in [1.807, 2.05) is 23.5 Å². The average Bonchev–Trinajstić information content (AvgIpc) is 2.60. The molecule has 2 aromatic rings. The topological polar surface area (TPSA) is 0 Å². The third-order valence-corrected chi connectivity index (χ3v) is 9.79. The molecule has 1 atom stereocenters. The van der Waals surface area contributed by atoms with E-state index in [-0.39, 0.29) is 0 Å². The lowest BCUT2D eigenvalue weighted by atomic mass is 10.2. The zero-order valence-electron chi connectivity index (χ0n) is 15.9. The first-order valence-electron chi connectivity index (χ1n) is 9.16. The van der Waals surface area contributed by atoms with Gasteiger partial charge in [0, 0.05) is 15.0 Å². The van der Waals surface area contributed by atoms with Crippen LogP contribution in [0, 0.1) is 0 Å². The van der Waals surface area contributed by atoms with E-state index in [2.05, 4.69) is 93.3 Å². The summed E-state index contributed by atoms with van der Waals surface area (Å²) in [6.45, 7) is 9.66. The van der Waals surface area contributed by atoms with Crippen molar-refractivity contribution in [3.8, 4) is 0 Å². The summed E-state index contributed by atoms with van der Waals surface area (Å²) < 4.78 is 1.60. The van der Waals surface area contributed by atoms with Crippen molar-refractivity contribution in [2.75, 3.05) is 0 Å². The molecule has 134 valence electrons. The van der Waals surface area contributed by atoms with Crippen LogP contribution in [-0.2, 0) is 0 Å². The predicted molar refractivity (Wildman–Crippen MR) is 119 cm³/mol. The van der Waals surface area contributed by atoms with Crippen molar-refractivity contribution in [1.82, 2.24) is 0 Å². The van der Waals surface area contributed by atoms with Crippen molar-refractivity contribution in [3.63, 3.8) is 0 Å². The minimum absolute atomic E-state index is 0.556. The molecule has 0 radical (unpaired) electrons. The maximum atomic E-state index is 2.58. The monoisotopic (exact) mass is 386 g/mol. The molecule has 0 nitrogen and oxygen atoms in total. The molecular formula is C22H30S2Si. The molecule has 0 saturated carbocycles. The van der Waals surface area contributed by atoms with E-state index in [0.29, 0.717) is 5.25 Å². The van der Waals surface area contributed by atoms with E-state index in [0.717, 1.165) is 0 Å². The molecule has 0 fully saturated rings. The molecule has 25 heavy (non-hydrogen) atoms. The van der Waals surface area contributed by atoms with Crippen molar-refractivity contribution in [2.24, 2.45) is 0 Å². The van der Waals surface area contributed by atoms with Crippen molar-refractivity contribution in [2.45, 2.75) is 60.9 Å². The zero-order chi connectivity index (χ0) is 18.1. The van der Waals surface area contributed by atoms with Crippen LogP contribution >= 0.6 is 23.5 Å². The lowest BCUT2D eigenvalue weighted by Gasteiger charge is -2.23. The van der Waals surface area contributed by atoms with Crippen molar-refractivity contribution < 1.29 is 0 Å². The van der Waals surface area contributed by atoms with Crippen LogP contribution in [0.15, 0.2) is 81.1 Å². The normalized spacial score (nSPS) is 13.7. The highest BCUT2D eigenvalue weighted by molar-refractivity contribution is 8.05. The van der Waals surface area contributed by atoms with Crippen LogP contribution in [-0.4, -0.2) is 13.3 Å². The van der Waals surface area contributed by atoms with Gasteiger partial charge >= 0.3 is 0 Å². The number of benzene rings is 2. The zero-order valence-corrected chi connectivity index (χ0v) is 18.5. The summed E-state index contributed by atoms with van der Waals surface area (Å²) >= 11 is 3.99. The van der Waals surface area contributed by atoms with Crippen LogP contribution in [0.2, 0.25) is 19.6 Å². The average molecular weight is 387 g/mol. The SMILES string of the molecule is CCCCC(/C=C(\Sc1ccccc1)[Si](C)(C)C)Sc1ccccc1. The van der Waals surface area contributed by atoms with Gasteiger partial charge in [0.1, 0.15) is 0 Å². The van der Waals surface area contributed by atoms with Crippen LogP contribution in [0.25, 0.3) is 0 Å². The van der Waals surface area contributed by atoms with Crippen LogP contribution < -0.4 is 0 Å². The Kier molecular flexibility index (Phi) is 8.40. The Labute approximate surface area is 163 Å². The fourth-order valence-electron chi connectivity index (χ4n) is 2.48. The van der Waals surface area contributed by atoms with Gasteiger partial charge in [0.25, 0.3) is 0 Å². The largest absolute Gasteiger partial charge is 0.119 e. The predicted octanol–water partition coefficient (Wildman–Crippen LogP) is 7.89. The molecule has 0 bridgehead atoms. The molecule has 0 aliphatic heterocycles. The Morgan fingerprint density at radius 2 is 1.48 bits per heavy atom. The molecule has 3 heteroatoms. The number of thioether (sulfide) groups is 2. The lowest BCUT2D eigenvalue weighted by molar-refractivity contribution is 0.738. The first kappa shape index (κ1) is 20.4. The number of hydrogen-bond acceptors (Lipinski definition) is 2. The van der Waals surface area contributed by atoms with Crippen LogP contribution in [0.5, 0.6) is 0 Å². The van der Waals surface area contributed by atoms with Crippen LogP contribution in [0.4, 0.5) is 0 Å². The highest BCUT2D eigenvalue weighted by Crippen LogP contribution is 2.37. The summed E-state index contributed by atoms with van der Waals surface area (Å²) in [5.74, 6) is 0. The van der Waals surface area contributed by atoms with Crippen molar-refractivity contribution >= 4 is 31.6 Å². The lowest BCUT2D eigenvalue weighted by Crippen LogP contribution is -2.23. The molecule has 0 aromatic heterocycles. The van der Waals surface area contributed by atoms with Gasteiger partial charge in [0.2, 0.25) is 0 Å². The molecule has 0 aliphatic carbocycles. The summed E-state index contributed by atoms with van der Waals surface area (Å²) in [4.78, 5) is 2.73. The summed E-state index contributed by atoms with van der Waals surface area (Å²) in [7, 11) is -1.38. The van der Waals surface area contributed by atoms with E-state index in [9.17, 15) is 0 Å². The van der Waals surface area contributed by atoms with Crippen molar-refractivity contribution in [3.05, 3.63) is 71.3 Å². The quantitative estimate of drug-likeness (QED) is 0.317. The molecule has 0 aliphatic rings. The molecule has 0 N–H and O–H groups in total. The molecule has 0 amide bonds. The van der Waals surface area contributed by atoms with Gasteiger partial charge in [0.15, 0.2) is 0 Å². The summed E-state index contributed by atoms with van der Waals surface area (Å²) in [5, 5.41) is 0.556. The smallest absolute Gasteiger partial charge is 0.0858 e. The van der Waals surface area contributed by atoms with Gasteiger partial charge in [-0.25, -0.2) is 0 Å². The summed E-state index contributed by atoms with van der Waals surface area (Å²) in [6, 6.07) is 21.7. The molecule has 0 saturated heterocycles. The molecule has 0 spiro atoms. The van der Waals surface area contributed by atoms with Gasteiger partial charge in [-0.05, 0) is 35.2 Å². The Morgan fingerprint density at radius 3 is 2.00 bits per heavy atom. The highest BCUT2D eigenvalue weighted by Gasteiger charge is 2.22. The maximum absolute atomic E-state index is 2.58. The van der Waals surface area contributed by atoms with Gasteiger partial charge < -0.3 is 0 Å². The van der Waals surface area contributed by atoms with E-state index >= 15 is 0 Å². The van der Waals surface area contributed by atoms with Gasteiger partial charge in [-0.1, -0.05) is 93.6 Å². The fourth-order valence-corrected chi connectivity index (χ4v) is 6.90. The number of hydrogen-bond donors (Lipinski definition) is 0. The second-order valence-corrected chi connectivity index (χ2v) is 15.1. The van der Waals surface area contributed by atoms with Gasteiger partial charge in [-0.15, -0.1) is 11.8 Å². The second-order valence-electron chi connectivity index (χ2n) is 7.31. The molecule has 1 unspecified atom stereocenters. The first-order valence-corrected chi connectivity index (χ1v) is 14.4. The molecular weight excluding hydrogens is 356 g/mol. The third kappa shape index (κ3) is 7.47. The summed E-state index contributed by atoms with van der Waals surface area (Å²) in [5.41, 5.74) is 0. The van der Waals surface area contributed by atoms with Crippen LogP contribution in [0.1, 0.15) is 26.2 Å². The van der Waals surface area contributed by atoms with Crippen molar-refractivity contribution in [1.29, 1.82) is 0 Å². The first-order chi connectivity index (χ1) is 12.0. The maximum Gasteiger partial charge on any atom is 0.0858 e. The fraction of sp³-hybridized carbons (Fsp3) is 0.364. The Hall–Kier alpha value is -0.903.